The molecule has 0 saturated carbocycles. The van der Waals surface area contributed by atoms with Crippen LogP contribution in [0, 0.1) is 0 Å². The molecule has 3 amide bonds. The highest BCUT2D eigenvalue weighted by molar-refractivity contribution is 8.00. The standard InChI is InChI=1S/C42H36N4O5S2/c1-3-51-36-23-12-10-19-30(36)25-34(44-39(47)29-17-8-5-9-18-29)40(48)43-31-20-14-21-32(26-31)53-38(28-15-6-4-7-16-28)41(49)46-42-45-35(27-52-42)33-22-11-13-24-37(33)50-2/h4-27,38H,3H2,1-2H3,(H,43,48)(H,44,47)(H,45,46,49)/b34-25+. The van der Waals surface area contributed by atoms with E-state index in [-0.39, 0.29) is 11.6 Å². The molecule has 0 fully saturated rings. The van der Waals surface area contributed by atoms with Crippen LogP contribution >= 0.6 is 23.1 Å². The molecule has 0 aliphatic carbocycles. The molecule has 53 heavy (non-hydrogen) atoms. The van der Waals surface area contributed by atoms with Crippen LogP contribution in [0.5, 0.6) is 11.5 Å². The van der Waals surface area contributed by atoms with Gasteiger partial charge in [-0.1, -0.05) is 84.9 Å². The Balaban J connectivity index is 1.23. The maximum Gasteiger partial charge on any atom is 0.272 e. The van der Waals surface area contributed by atoms with Gasteiger partial charge in [-0.05, 0) is 67.1 Å². The van der Waals surface area contributed by atoms with Crippen LogP contribution in [0.25, 0.3) is 17.3 Å². The van der Waals surface area contributed by atoms with E-state index in [2.05, 4.69) is 20.9 Å². The van der Waals surface area contributed by atoms with Gasteiger partial charge in [-0.15, -0.1) is 23.1 Å². The first-order valence-corrected chi connectivity index (χ1v) is 18.5. The number of ether oxygens (including phenoxy) is 2. The maximum atomic E-state index is 13.9. The van der Waals surface area contributed by atoms with Gasteiger partial charge in [0.15, 0.2) is 5.13 Å². The van der Waals surface area contributed by atoms with Crippen molar-refractivity contribution in [2.24, 2.45) is 0 Å². The van der Waals surface area contributed by atoms with Gasteiger partial charge in [0.2, 0.25) is 5.91 Å². The fourth-order valence-corrected chi connectivity index (χ4v) is 7.15. The highest BCUT2D eigenvalue weighted by Gasteiger charge is 2.24. The molecule has 0 spiro atoms. The van der Waals surface area contributed by atoms with Crippen molar-refractivity contribution >= 4 is 57.7 Å². The molecule has 0 aliphatic heterocycles. The molecule has 6 rings (SSSR count). The number of hydrogen-bond acceptors (Lipinski definition) is 8. The van der Waals surface area contributed by atoms with Crippen molar-refractivity contribution in [1.29, 1.82) is 0 Å². The lowest BCUT2D eigenvalue weighted by atomic mass is 10.1. The molecule has 3 N–H and O–H groups in total. The van der Waals surface area contributed by atoms with Crippen molar-refractivity contribution < 1.29 is 23.9 Å². The van der Waals surface area contributed by atoms with E-state index in [1.807, 2.05) is 97.2 Å². The third-order valence-electron chi connectivity index (χ3n) is 7.85. The quantitative estimate of drug-likeness (QED) is 0.0753. The Hall–Kier alpha value is -6.17. The number of carbonyl (C=O) groups is 3. The number of thioether (sulfide) groups is 1. The number of benzene rings is 5. The summed E-state index contributed by atoms with van der Waals surface area (Å²) in [4.78, 5) is 46.3. The molecule has 1 aromatic heterocycles. The summed E-state index contributed by atoms with van der Waals surface area (Å²) in [5, 5.41) is 10.4. The molecule has 0 saturated heterocycles. The molecule has 1 heterocycles. The van der Waals surface area contributed by atoms with E-state index in [1.54, 1.807) is 61.7 Å². The molecule has 0 aliphatic rings. The predicted octanol–water partition coefficient (Wildman–Crippen LogP) is 9.10. The number of anilines is 2. The summed E-state index contributed by atoms with van der Waals surface area (Å²) in [6, 6.07) is 40.2. The van der Waals surface area contributed by atoms with Gasteiger partial charge in [-0.3, -0.25) is 14.4 Å². The molecule has 1 unspecified atom stereocenters. The number of methoxy groups -OCH3 is 1. The number of hydrogen-bond donors (Lipinski definition) is 3. The van der Waals surface area contributed by atoms with Crippen molar-refractivity contribution in [2.45, 2.75) is 17.1 Å². The van der Waals surface area contributed by atoms with Crippen LogP contribution in [-0.2, 0) is 9.59 Å². The van der Waals surface area contributed by atoms with Gasteiger partial charge in [0.05, 0.1) is 19.4 Å². The number of carbonyl (C=O) groups excluding carboxylic acids is 3. The summed E-state index contributed by atoms with van der Waals surface area (Å²) in [6.07, 6.45) is 1.59. The Kier molecular flexibility index (Phi) is 12.3. The zero-order valence-electron chi connectivity index (χ0n) is 28.9. The molecule has 9 nitrogen and oxygen atoms in total. The normalized spacial score (nSPS) is 11.6. The predicted molar refractivity (Wildman–Crippen MR) is 212 cm³/mol. The van der Waals surface area contributed by atoms with Gasteiger partial charge in [0.25, 0.3) is 11.8 Å². The highest BCUT2D eigenvalue weighted by atomic mass is 32.2. The topological polar surface area (TPSA) is 119 Å². The fourth-order valence-electron chi connectivity index (χ4n) is 5.35. The van der Waals surface area contributed by atoms with Crippen LogP contribution < -0.4 is 25.4 Å². The van der Waals surface area contributed by atoms with Crippen molar-refractivity contribution in [3.8, 4) is 22.8 Å². The first-order chi connectivity index (χ1) is 25.9. The molecule has 11 heteroatoms. The average Bonchev–Trinajstić information content (AvgIpc) is 3.66. The summed E-state index contributed by atoms with van der Waals surface area (Å²) in [5.74, 6) is 0.0498. The first kappa shape index (κ1) is 36.6. The summed E-state index contributed by atoms with van der Waals surface area (Å²) in [6.45, 7) is 2.31. The zero-order chi connectivity index (χ0) is 37.0. The van der Waals surface area contributed by atoms with Gasteiger partial charge in [-0.2, -0.15) is 0 Å². The Morgan fingerprint density at radius 2 is 1.51 bits per heavy atom. The molecule has 266 valence electrons. The minimum absolute atomic E-state index is 0.0292. The van der Waals surface area contributed by atoms with Crippen molar-refractivity contribution in [2.75, 3.05) is 24.4 Å². The van der Waals surface area contributed by atoms with E-state index < -0.39 is 17.1 Å². The van der Waals surface area contributed by atoms with Crippen molar-refractivity contribution in [1.82, 2.24) is 10.3 Å². The number of nitrogens with zero attached hydrogens (tertiary/aromatic N) is 1. The summed E-state index contributed by atoms with van der Waals surface area (Å²) in [5.41, 5.74) is 3.87. The number of para-hydroxylation sites is 2. The maximum absolute atomic E-state index is 13.9. The average molecular weight is 741 g/mol. The van der Waals surface area contributed by atoms with Gasteiger partial charge in [-0.25, -0.2) is 4.98 Å². The second kappa shape index (κ2) is 17.9. The molecule has 1 atom stereocenters. The Bertz CT molecular complexity index is 2220. The number of thiazole rings is 1. The van der Waals surface area contributed by atoms with E-state index in [0.29, 0.717) is 45.7 Å². The summed E-state index contributed by atoms with van der Waals surface area (Å²) >= 11 is 2.67. The van der Waals surface area contributed by atoms with Crippen LogP contribution in [0.4, 0.5) is 10.8 Å². The summed E-state index contributed by atoms with van der Waals surface area (Å²) in [7, 11) is 1.61. The molecule has 0 bridgehead atoms. The molecule has 5 aromatic carbocycles. The number of rotatable bonds is 14. The van der Waals surface area contributed by atoms with E-state index in [4.69, 9.17) is 9.47 Å². The minimum atomic E-state index is -0.642. The second-order valence-electron chi connectivity index (χ2n) is 11.5. The third kappa shape index (κ3) is 9.59. The third-order valence-corrected chi connectivity index (χ3v) is 9.86. The monoisotopic (exact) mass is 740 g/mol. The fraction of sp³-hybridized carbons (Fsp3) is 0.0952. The van der Waals surface area contributed by atoms with E-state index in [9.17, 15) is 14.4 Å². The van der Waals surface area contributed by atoms with Crippen LogP contribution in [0.15, 0.2) is 149 Å². The number of amides is 3. The lowest BCUT2D eigenvalue weighted by molar-refractivity contribution is -0.116. The van der Waals surface area contributed by atoms with Crippen LogP contribution in [0.3, 0.4) is 0 Å². The molecular formula is C42H36N4O5S2. The highest BCUT2D eigenvalue weighted by Crippen LogP contribution is 2.38. The van der Waals surface area contributed by atoms with E-state index in [0.717, 1.165) is 16.0 Å². The summed E-state index contributed by atoms with van der Waals surface area (Å²) < 4.78 is 11.3. The molecular weight excluding hydrogens is 705 g/mol. The SMILES string of the molecule is CCOc1ccccc1/C=C(/NC(=O)c1ccccc1)C(=O)Nc1cccc(SC(C(=O)Nc2nc(-c3ccccc3OC)cs2)c2ccccc2)c1. The number of nitrogens with one attached hydrogen (secondary N) is 3. The van der Waals surface area contributed by atoms with E-state index in [1.165, 1.54) is 23.1 Å². The van der Waals surface area contributed by atoms with Gasteiger partial charge in [0.1, 0.15) is 22.4 Å². The lowest BCUT2D eigenvalue weighted by Gasteiger charge is -2.17. The van der Waals surface area contributed by atoms with Crippen LogP contribution in [-0.4, -0.2) is 36.4 Å². The second-order valence-corrected chi connectivity index (χ2v) is 13.5. The van der Waals surface area contributed by atoms with Crippen LogP contribution in [0.2, 0.25) is 0 Å². The molecule has 6 aromatic rings. The van der Waals surface area contributed by atoms with Gasteiger partial charge < -0.3 is 25.4 Å². The Labute approximate surface area is 316 Å². The number of aromatic nitrogens is 1. The zero-order valence-corrected chi connectivity index (χ0v) is 30.6. The Morgan fingerprint density at radius 1 is 0.811 bits per heavy atom. The van der Waals surface area contributed by atoms with Crippen molar-refractivity contribution in [3.63, 3.8) is 0 Å². The largest absolute Gasteiger partial charge is 0.496 e. The lowest BCUT2D eigenvalue weighted by Crippen LogP contribution is -2.30. The van der Waals surface area contributed by atoms with E-state index >= 15 is 0 Å². The molecule has 0 radical (unpaired) electrons. The van der Waals surface area contributed by atoms with Crippen LogP contribution in [0.1, 0.15) is 33.7 Å². The first-order valence-electron chi connectivity index (χ1n) is 16.7. The van der Waals surface area contributed by atoms with Crippen molar-refractivity contribution in [3.05, 3.63) is 161 Å². The smallest absolute Gasteiger partial charge is 0.272 e. The van der Waals surface area contributed by atoms with Gasteiger partial charge >= 0.3 is 0 Å². The minimum Gasteiger partial charge on any atom is -0.496 e. The Morgan fingerprint density at radius 3 is 2.26 bits per heavy atom. The van der Waals surface area contributed by atoms with Gasteiger partial charge in [0, 0.05) is 32.7 Å².